The zero-order chi connectivity index (χ0) is 26.3. The van der Waals surface area contributed by atoms with Crippen LogP contribution in [0.2, 0.25) is 0 Å². The third kappa shape index (κ3) is 4.38. The highest BCUT2D eigenvalue weighted by atomic mass is 32.2. The SMILES string of the molecule is Cn1c(=O)c2cc(S(=O)(=O)N[C@H](C(=O)N3CCCc4ccccc43)c3ccccc3)ccc2n(C)c1=O. The second-order valence-corrected chi connectivity index (χ2v) is 10.8. The lowest BCUT2D eigenvalue weighted by atomic mass is 9.99. The molecule has 1 aliphatic rings. The van der Waals surface area contributed by atoms with Crippen molar-refractivity contribution < 1.29 is 13.2 Å². The van der Waals surface area contributed by atoms with Gasteiger partial charge in [-0.2, -0.15) is 4.72 Å². The minimum atomic E-state index is -4.25. The number of sulfonamides is 1. The fourth-order valence-electron chi connectivity index (χ4n) is 4.79. The summed E-state index contributed by atoms with van der Waals surface area (Å²) in [6.07, 6.45) is 1.61. The first-order chi connectivity index (χ1) is 17.7. The van der Waals surface area contributed by atoms with Gasteiger partial charge in [-0.05, 0) is 48.2 Å². The molecule has 0 unspecified atom stereocenters. The number of aromatic nitrogens is 2. The number of benzene rings is 3. The lowest BCUT2D eigenvalue weighted by molar-refractivity contribution is -0.120. The highest BCUT2D eigenvalue weighted by Gasteiger charge is 2.33. The molecule has 1 amide bonds. The Balaban J connectivity index is 1.57. The van der Waals surface area contributed by atoms with Crippen molar-refractivity contribution in [1.82, 2.24) is 13.9 Å². The zero-order valence-electron chi connectivity index (χ0n) is 20.4. The number of hydrogen-bond acceptors (Lipinski definition) is 5. The molecule has 0 aliphatic carbocycles. The number of rotatable bonds is 5. The Hall–Kier alpha value is -4.02. The van der Waals surface area contributed by atoms with Crippen molar-refractivity contribution in [3.05, 3.63) is 105 Å². The van der Waals surface area contributed by atoms with Gasteiger partial charge in [-0.1, -0.05) is 48.5 Å². The van der Waals surface area contributed by atoms with E-state index in [0.717, 1.165) is 28.7 Å². The van der Waals surface area contributed by atoms with Crippen molar-refractivity contribution in [3.8, 4) is 0 Å². The van der Waals surface area contributed by atoms with Crippen LogP contribution in [-0.4, -0.2) is 30.0 Å². The van der Waals surface area contributed by atoms with Crippen LogP contribution in [0.25, 0.3) is 10.9 Å². The molecule has 0 bridgehead atoms. The number of amides is 1. The van der Waals surface area contributed by atoms with Crippen LogP contribution in [0.1, 0.15) is 23.6 Å². The molecule has 0 saturated heterocycles. The number of nitrogens with one attached hydrogen (secondary N) is 1. The summed E-state index contributed by atoms with van der Waals surface area (Å²) in [7, 11) is -1.40. The third-order valence-electron chi connectivity index (χ3n) is 6.78. The number of nitrogens with zero attached hydrogens (tertiary/aromatic N) is 3. The monoisotopic (exact) mass is 518 g/mol. The number of carbonyl (C=O) groups excluding carboxylic acids is 1. The molecule has 0 fully saturated rings. The molecule has 190 valence electrons. The predicted molar refractivity (Wildman–Crippen MR) is 141 cm³/mol. The third-order valence-corrected chi connectivity index (χ3v) is 8.20. The summed E-state index contributed by atoms with van der Waals surface area (Å²) in [4.78, 5) is 40.3. The summed E-state index contributed by atoms with van der Waals surface area (Å²) in [5.74, 6) is -0.388. The molecule has 10 heteroatoms. The molecule has 0 radical (unpaired) electrons. The summed E-state index contributed by atoms with van der Waals surface area (Å²) < 4.78 is 32.0. The second-order valence-electron chi connectivity index (χ2n) is 9.07. The number of anilines is 1. The van der Waals surface area contributed by atoms with E-state index in [9.17, 15) is 22.8 Å². The standard InChI is InChI=1S/C27H26N4O5S/c1-29-23-15-14-20(17-21(23)25(32)30(2)27(29)34)37(35,36)28-24(19-10-4-3-5-11-19)26(33)31-16-8-12-18-9-6-7-13-22(18)31/h3-7,9-11,13-15,17,24,28H,8,12,16H2,1-2H3/t24-/m0/s1. The lowest BCUT2D eigenvalue weighted by Gasteiger charge is -2.32. The summed E-state index contributed by atoms with van der Waals surface area (Å²) in [5.41, 5.74) is 1.51. The van der Waals surface area contributed by atoms with Crippen LogP contribution in [0.3, 0.4) is 0 Å². The minimum absolute atomic E-state index is 0.0834. The van der Waals surface area contributed by atoms with Crippen molar-refractivity contribution in [2.75, 3.05) is 11.4 Å². The van der Waals surface area contributed by atoms with E-state index in [-0.39, 0.29) is 16.2 Å². The Labute approximate surface area is 213 Å². The summed E-state index contributed by atoms with van der Waals surface area (Å²) in [6.45, 7) is 0.473. The molecular formula is C27H26N4O5S. The average Bonchev–Trinajstić information content (AvgIpc) is 2.93. The molecule has 9 nitrogen and oxygen atoms in total. The van der Waals surface area contributed by atoms with Gasteiger partial charge in [0, 0.05) is 26.3 Å². The maximum atomic E-state index is 13.9. The van der Waals surface area contributed by atoms with Gasteiger partial charge in [-0.3, -0.25) is 18.7 Å². The second kappa shape index (κ2) is 9.45. The number of carbonyl (C=O) groups is 1. The van der Waals surface area contributed by atoms with Crippen LogP contribution < -0.4 is 20.9 Å². The maximum Gasteiger partial charge on any atom is 0.330 e. The largest absolute Gasteiger partial charge is 0.330 e. The molecule has 1 N–H and O–H groups in total. The summed E-state index contributed by atoms with van der Waals surface area (Å²) in [5, 5.41) is 0.0834. The number of aryl methyl sites for hydroxylation is 2. The van der Waals surface area contributed by atoms with Crippen molar-refractivity contribution in [2.24, 2.45) is 14.1 Å². The van der Waals surface area contributed by atoms with Crippen molar-refractivity contribution in [3.63, 3.8) is 0 Å². The molecule has 2 heterocycles. The van der Waals surface area contributed by atoms with Gasteiger partial charge in [0.1, 0.15) is 6.04 Å². The predicted octanol–water partition coefficient (Wildman–Crippen LogP) is 2.24. The van der Waals surface area contributed by atoms with E-state index in [1.165, 1.54) is 36.9 Å². The molecular weight excluding hydrogens is 492 g/mol. The topological polar surface area (TPSA) is 110 Å². The zero-order valence-corrected chi connectivity index (χ0v) is 21.2. The first kappa shape index (κ1) is 24.7. The van der Waals surface area contributed by atoms with Gasteiger partial charge in [0.2, 0.25) is 15.9 Å². The highest BCUT2D eigenvalue weighted by molar-refractivity contribution is 7.89. The fourth-order valence-corrected chi connectivity index (χ4v) is 5.99. The lowest BCUT2D eigenvalue weighted by Crippen LogP contribution is -2.45. The molecule has 1 aromatic heterocycles. The van der Waals surface area contributed by atoms with E-state index in [1.54, 1.807) is 35.2 Å². The molecule has 37 heavy (non-hydrogen) atoms. The Morgan fingerprint density at radius 1 is 0.919 bits per heavy atom. The number of para-hydroxylation sites is 1. The molecule has 0 spiro atoms. The molecule has 5 rings (SSSR count). The molecule has 3 aromatic carbocycles. The van der Waals surface area contributed by atoms with Gasteiger partial charge in [-0.25, -0.2) is 13.2 Å². The molecule has 1 atom stereocenters. The first-order valence-electron chi connectivity index (χ1n) is 11.9. The van der Waals surface area contributed by atoms with Crippen molar-refractivity contribution in [2.45, 2.75) is 23.8 Å². The maximum absolute atomic E-state index is 13.9. The molecule has 1 aliphatic heterocycles. The minimum Gasteiger partial charge on any atom is -0.310 e. The van der Waals surface area contributed by atoms with E-state index in [2.05, 4.69) is 4.72 Å². The van der Waals surface area contributed by atoms with Crippen molar-refractivity contribution >= 4 is 32.5 Å². The Morgan fingerprint density at radius 3 is 2.38 bits per heavy atom. The first-order valence-corrected chi connectivity index (χ1v) is 13.3. The van der Waals surface area contributed by atoms with E-state index >= 15 is 0 Å². The summed E-state index contributed by atoms with van der Waals surface area (Å²) >= 11 is 0. The highest BCUT2D eigenvalue weighted by Crippen LogP contribution is 2.30. The van der Waals surface area contributed by atoms with Crippen LogP contribution in [0, 0.1) is 0 Å². The average molecular weight is 519 g/mol. The van der Waals surface area contributed by atoms with Crippen LogP contribution in [0.5, 0.6) is 0 Å². The van der Waals surface area contributed by atoms with Crippen molar-refractivity contribution in [1.29, 1.82) is 0 Å². The van der Waals surface area contributed by atoms with E-state index < -0.39 is 27.3 Å². The van der Waals surface area contributed by atoms with Gasteiger partial charge in [0.25, 0.3) is 5.56 Å². The molecule has 0 saturated carbocycles. The Bertz CT molecular complexity index is 1740. The smallest absolute Gasteiger partial charge is 0.310 e. The fraction of sp³-hybridized carbons (Fsp3) is 0.222. The Kier molecular flexibility index (Phi) is 6.30. The van der Waals surface area contributed by atoms with Crippen LogP contribution in [0.4, 0.5) is 5.69 Å². The normalized spacial score (nSPS) is 14.4. The number of hydrogen-bond donors (Lipinski definition) is 1. The van der Waals surface area contributed by atoms with Gasteiger partial charge in [0.15, 0.2) is 0 Å². The quantitative estimate of drug-likeness (QED) is 0.436. The van der Waals surface area contributed by atoms with Crippen LogP contribution in [0.15, 0.2) is 87.3 Å². The van der Waals surface area contributed by atoms with Crippen LogP contribution in [-0.2, 0) is 35.3 Å². The van der Waals surface area contributed by atoms with Gasteiger partial charge in [0.05, 0.1) is 15.8 Å². The van der Waals surface area contributed by atoms with Gasteiger partial charge < -0.3 is 4.90 Å². The van der Waals surface area contributed by atoms with E-state index in [4.69, 9.17) is 0 Å². The number of fused-ring (bicyclic) bond motifs is 2. The van der Waals surface area contributed by atoms with E-state index in [1.807, 2.05) is 24.3 Å². The van der Waals surface area contributed by atoms with E-state index in [0.29, 0.717) is 17.6 Å². The van der Waals surface area contributed by atoms with Gasteiger partial charge >= 0.3 is 5.69 Å². The van der Waals surface area contributed by atoms with Crippen LogP contribution >= 0.6 is 0 Å². The van der Waals surface area contributed by atoms with Gasteiger partial charge in [-0.15, -0.1) is 0 Å². The molecule has 4 aromatic rings. The Morgan fingerprint density at radius 2 is 1.62 bits per heavy atom. The summed E-state index contributed by atoms with van der Waals surface area (Å²) in [6, 6.07) is 19.1.